The summed E-state index contributed by atoms with van der Waals surface area (Å²) in [7, 11) is 3.20. The fourth-order valence-corrected chi connectivity index (χ4v) is 1.90. The maximum absolute atomic E-state index is 12.3. The highest BCUT2D eigenvalue weighted by atomic mass is 16.5. The van der Waals surface area contributed by atoms with Gasteiger partial charge < -0.3 is 9.64 Å². The number of carbonyl (C=O) groups excluding carboxylic acids is 1. The number of benzene rings is 1. The summed E-state index contributed by atoms with van der Waals surface area (Å²) in [6.45, 7) is 5.51. The SMILES string of the molecule is COc1ccccc1C(C#N)N(C)C(=O)C(C)(C)C. The van der Waals surface area contributed by atoms with Crippen LogP contribution in [0.5, 0.6) is 5.75 Å². The molecule has 0 N–H and O–H groups in total. The van der Waals surface area contributed by atoms with E-state index in [-0.39, 0.29) is 5.91 Å². The first-order valence-electron chi connectivity index (χ1n) is 6.12. The Bertz CT molecular complexity index is 498. The van der Waals surface area contributed by atoms with E-state index >= 15 is 0 Å². The number of nitrogens with zero attached hydrogens (tertiary/aromatic N) is 2. The summed E-state index contributed by atoms with van der Waals surface area (Å²) >= 11 is 0. The van der Waals surface area contributed by atoms with Gasteiger partial charge in [-0.05, 0) is 6.07 Å². The van der Waals surface area contributed by atoms with Crippen LogP contribution in [0.1, 0.15) is 32.4 Å². The molecule has 0 saturated carbocycles. The molecule has 0 aliphatic rings. The topological polar surface area (TPSA) is 53.3 Å². The van der Waals surface area contributed by atoms with Gasteiger partial charge in [0.1, 0.15) is 11.8 Å². The van der Waals surface area contributed by atoms with Gasteiger partial charge in [-0.2, -0.15) is 5.26 Å². The molecule has 19 heavy (non-hydrogen) atoms. The van der Waals surface area contributed by atoms with Crippen LogP contribution in [0, 0.1) is 16.7 Å². The zero-order valence-corrected chi connectivity index (χ0v) is 12.1. The lowest BCUT2D eigenvalue weighted by atomic mass is 9.93. The number of nitriles is 1. The Labute approximate surface area is 114 Å². The molecule has 0 fully saturated rings. The zero-order chi connectivity index (χ0) is 14.6. The van der Waals surface area contributed by atoms with Gasteiger partial charge in [-0.3, -0.25) is 4.79 Å². The molecular formula is C15H20N2O2. The third-order valence-electron chi connectivity index (χ3n) is 2.91. The molecule has 1 unspecified atom stereocenters. The number of carbonyl (C=O) groups is 1. The van der Waals surface area contributed by atoms with E-state index < -0.39 is 11.5 Å². The summed E-state index contributed by atoms with van der Waals surface area (Å²) in [4.78, 5) is 13.7. The summed E-state index contributed by atoms with van der Waals surface area (Å²) in [6, 6.07) is 8.78. The van der Waals surface area contributed by atoms with Gasteiger partial charge >= 0.3 is 0 Å². The van der Waals surface area contributed by atoms with E-state index in [9.17, 15) is 10.1 Å². The minimum Gasteiger partial charge on any atom is -0.496 e. The first kappa shape index (κ1) is 15.0. The molecule has 1 rings (SSSR count). The molecule has 0 saturated heterocycles. The molecule has 0 bridgehead atoms. The molecule has 0 radical (unpaired) electrons. The lowest BCUT2D eigenvalue weighted by Gasteiger charge is -2.30. The third kappa shape index (κ3) is 3.25. The van der Waals surface area contributed by atoms with Crippen molar-refractivity contribution in [3.63, 3.8) is 0 Å². The second-order valence-corrected chi connectivity index (χ2v) is 5.44. The van der Waals surface area contributed by atoms with E-state index in [1.807, 2.05) is 32.9 Å². The number of para-hydroxylation sites is 1. The molecule has 0 spiro atoms. The van der Waals surface area contributed by atoms with E-state index in [4.69, 9.17) is 4.74 Å². The number of amides is 1. The van der Waals surface area contributed by atoms with Gasteiger partial charge in [-0.25, -0.2) is 0 Å². The minimum atomic E-state index is -0.650. The largest absolute Gasteiger partial charge is 0.496 e. The summed E-state index contributed by atoms with van der Waals surface area (Å²) in [5, 5.41) is 9.39. The fourth-order valence-electron chi connectivity index (χ4n) is 1.90. The highest BCUT2D eigenvalue weighted by Gasteiger charge is 2.31. The van der Waals surface area contributed by atoms with Crippen LogP contribution >= 0.6 is 0 Å². The number of ether oxygens (including phenoxy) is 1. The standard InChI is InChI=1S/C15H20N2O2/c1-15(2,3)14(18)17(4)12(10-16)11-8-6-7-9-13(11)19-5/h6-9,12H,1-5H3. The zero-order valence-electron chi connectivity index (χ0n) is 12.1. The molecule has 0 heterocycles. The van der Waals surface area contributed by atoms with Crippen molar-refractivity contribution in [1.82, 2.24) is 4.90 Å². The molecule has 4 nitrogen and oxygen atoms in total. The summed E-state index contributed by atoms with van der Waals surface area (Å²) in [6.07, 6.45) is 0. The molecule has 1 amide bonds. The Morgan fingerprint density at radius 2 is 1.95 bits per heavy atom. The third-order valence-corrected chi connectivity index (χ3v) is 2.91. The minimum absolute atomic E-state index is 0.0787. The molecule has 4 heteroatoms. The van der Waals surface area contributed by atoms with Gasteiger partial charge in [0, 0.05) is 18.0 Å². The molecule has 1 aromatic rings. The average molecular weight is 260 g/mol. The predicted molar refractivity (Wildman–Crippen MR) is 73.6 cm³/mol. The molecule has 0 aromatic heterocycles. The van der Waals surface area contributed by atoms with Crippen LogP contribution in [0.4, 0.5) is 0 Å². The second-order valence-electron chi connectivity index (χ2n) is 5.44. The molecular weight excluding hydrogens is 240 g/mol. The Morgan fingerprint density at radius 3 is 2.42 bits per heavy atom. The number of hydrogen-bond donors (Lipinski definition) is 0. The number of methoxy groups -OCH3 is 1. The van der Waals surface area contributed by atoms with E-state index in [1.165, 1.54) is 4.90 Å². The van der Waals surface area contributed by atoms with E-state index in [0.717, 1.165) is 0 Å². The van der Waals surface area contributed by atoms with Gasteiger partial charge in [0.2, 0.25) is 5.91 Å². The molecule has 0 aliphatic carbocycles. The average Bonchev–Trinajstić information content (AvgIpc) is 2.38. The molecule has 102 valence electrons. The Kier molecular flexibility index (Phi) is 4.55. The molecule has 1 aromatic carbocycles. The maximum Gasteiger partial charge on any atom is 0.229 e. The lowest BCUT2D eigenvalue weighted by Crippen LogP contribution is -2.38. The molecule has 0 aliphatic heterocycles. The quantitative estimate of drug-likeness (QED) is 0.839. The first-order valence-corrected chi connectivity index (χ1v) is 6.12. The van der Waals surface area contributed by atoms with Gasteiger partial charge in [0.15, 0.2) is 0 Å². The van der Waals surface area contributed by atoms with Gasteiger partial charge in [0.05, 0.1) is 13.2 Å². The van der Waals surface area contributed by atoms with Crippen LogP contribution in [-0.4, -0.2) is 25.0 Å². The summed E-state index contributed by atoms with van der Waals surface area (Å²) in [5.74, 6) is 0.535. The van der Waals surface area contributed by atoms with Crippen molar-refractivity contribution < 1.29 is 9.53 Å². The second kappa shape index (κ2) is 5.75. The van der Waals surface area contributed by atoms with Gasteiger partial charge in [-0.15, -0.1) is 0 Å². The first-order chi connectivity index (χ1) is 8.82. The monoisotopic (exact) mass is 260 g/mol. The predicted octanol–water partition coefficient (Wildman–Crippen LogP) is 2.76. The van der Waals surface area contributed by atoms with Crippen LogP contribution in [0.2, 0.25) is 0 Å². The van der Waals surface area contributed by atoms with Crippen molar-refractivity contribution in [3.05, 3.63) is 29.8 Å². The van der Waals surface area contributed by atoms with E-state index in [0.29, 0.717) is 11.3 Å². The van der Waals surface area contributed by atoms with Crippen molar-refractivity contribution in [2.24, 2.45) is 5.41 Å². The van der Waals surface area contributed by atoms with Crippen molar-refractivity contribution in [2.45, 2.75) is 26.8 Å². The van der Waals surface area contributed by atoms with E-state index in [1.54, 1.807) is 26.3 Å². The summed E-state index contributed by atoms with van der Waals surface area (Å²) in [5.41, 5.74) is 0.180. The van der Waals surface area contributed by atoms with Crippen LogP contribution in [0.3, 0.4) is 0 Å². The summed E-state index contributed by atoms with van der Waals surface area (Å²) < 4.78 is 5.25. The fraction of sp³-hybridized carbons (Fsp3) is 0.467. The van der Waals surface area contributed by atoms with Crippen LogP contribution in [-0.2, 0) is 4.79 Å². The van der Waals surface area contributed by atoms with Gasteiger partial charge in [-0.1, -0.05) is 39.0 Å². The normalized spacial score (nSPS) is 12.4. The van der Waals surface area contributed by atoms with Gasteiger partial charge in [0.25, 0.3) is 0 Å². The number of hydrogen-bond acceptors (Lipinski definition) is 3. The van der Waals surface area contributed by atoms with Crippen LogP contribution in [0.15, 0.2) is 24.3 Å². The van der Waals surface area contributed by atoms with E-state index in [2.05, 4.69) is 6.07 Å². The van der Waals surface area contributed by atoms with Crippen molar-refractivity contribution in [2.75, 3.05) is 14.2 Å². The highest BCUT2D eigenvalue weighted by Crippen LogP contribution is 2.30. The lowest BCUT2D eigenvalue weighted by molar-refractivity contribution is -0.139. The van der Waals surface area contributed by atoms with Crippen LogP contribution in [0.25, 0.3) is 0 Å². The molecule has 1 atom stereocenters. The van der Waals surface area contributed by atoms with Crippen LogP contribution < -0.4 is 4.74 Å². The smallest absolute Gasteiger partial charge is 0.229 e. The number of rotatable bonds is 3. The Balaban J connectivity index is 3.15. The van der Waals surface area contributed by atoms with Crippen molar-refractivity contribution in [1.29, 1.82) is 5.26 Å². The van der Waals surface area contributed by atoms with Crippen molar-refractivity contribution in [3.8, 4) is 11.8 Å². The van der Waals surface area contributed by atoms with Crippen molar-refractivity contribution >= 4 is 5.91 Å². The Morgan fingerprint density at radius 1 is 1.37 bits per heavy atom. The maximum atomic E-state index is 12.3. The Hall–Kier alpha value is -2.02. The highest BCUT2D eigenvalue weighted by molar-refractivity contribution is 5.82.